The molecule has 0 saturated heterocycles. The predicted molar refractivity (Wildman–Crippen MR) is 77.5 cm³/mol. The molecule has 0 bridgehead atoms. The zero-order valence-corrected chi connectivity index (χ0v) is 11.5. The van der Waals surface area contributed by atoms with Gasteiger partial charge >= 0.3 is 0 Å². The van der Waals surface area contributed by atoms with Crippen LogP contribution in [-0.2, 0) is 6.54 Å². The molecule has 2 aromatic rings. The zero-order valence-electron chi connectivity index (χ0n) is 11.5. The molecule has 0 aliphatic carbocycles. The van der Waals surface area contributed by atoms with E-state index < -0.39 is 0 Å². The number of ether oxygens (including phenoxy) is 1. The summed E-state index contributed by atoms with van der Waals surface area (Å²) < 4.78 is 5.73. The van der Waals surface area contributed by atoms with Crippen LogP contribution in [0.2, 0.25) is 0 Å². The zero-order chi connectivity index (χ0) is 13.5. The minimum Gasteiger partial charge on any atom is -0.456 e. The van der Waals surface area contributed by atoms with Crippen LogP contribution in [0.4, 0.5) is 0 Å². The average Bonchev–Trinajstić information content (AvgIpc) is 2.44. The lowest BCUT2D eigenvalue weighted by molar-refractivity contribution is 0.479. The van der Waals surface area contributed by atoms with E-state index in [0.717, 1.165) is 36.7 Å². The Morgan fingerprint density at radius 2 is 1.79 bits per heavy atom. The first-order valence-electron chi connectivity index (χ1n) is 6.68. The summed E-state index contributed by atoms with van der Waals surface area (Å²) in [5.74, 6) is 1.60. The van der Waals surface area contributed by atoms with E-state index in [-0.39, 0.29) is 0 Å². The number of aromatic nitrogens is 1. The van der Waals surface area contributed by atoms with E-state index in [1.165, 1.54) is 5.56 Å². The number of hydrogen-bond donors (Lipinski definition) is 1. The molecule has 0 fully saturated rings. The Kier molecular flexibility index (Phi) is 4.93. The van der Waals surface area contributed by atoms with Crippen LogP contribution in [0.15, 0.2) is 42.6 Å². The Labute approximate surface area is 114 Å². The molecule has 0 atom stereocenters. The van der Waals surface area contributed by atoms with E-state index in [2.05, 4.69) is 29.4 Å². The van der Waals surface area contributed by atoms with Gasteiger partial charge < -0.3 is 10.1 Å². The smallest absolute Gasteiger partial charge is 0.145 e. The van der Waals surface area contributed by atoms with Gasteiger partial charge in [-0.15, -0.1) is 0 Å². The second-order valence-corrected chi connectivity index (χ2v) is 4.56. The summed E-state index contributed by atoms with van der Waals surface area (Å²) in [6.07, 6.45) is 2.90. The van der Waals surface area contributed by atoms with E-state index in [1.54, 1.807) is 6.20 Å². The SMILES string of the molecule is CCCNCc1ccc(Oc2ccc(C)nc2)cc1. The molecule has 0 radical (unpaired) electrons. The Morgan fingerprint density at radius 3 is 2.42 bits per heavy atom. The largest absolute Gasteiger partial charge is 0.456 e. The second kappa shape index (κ2) is 6.90. The third-order valence-electron chi connectivity index (χ3n) is 2.80. The second-order valence-electron chi connectivity index (χ2n) is 4.56. The lowest BCUT2D eigenvalue weighted by Gasteiger charge is -2.07. The van der Waals surface area contributed by atoms with Crippen molar-refractivity contribution in [2.45, 2.75) is 26.8 Å². The van der Waals surface area contributed by atoms with Crippen molar-refractivity contribution in [3.63, 3.8) is 0 Å². The monoisotopic (exact) mass is 256 g/mol. The molecule has 1 aromatic heterocycles. The van der Waals surface area contributed by atoms with Crippen LogP contribution < -0.4 is 10.1 Å². The van der Waals surface area contributed by atoms with E-state index in [0.29, 0.717) is 0 Å². The Hall–Kier alpha value is -1.87. The standard InChI is InChI=1S/C16H20N2O/c1-3-10-17-11-14-5-8-15(9-6-14)19-16-7-4-13(2)18-12-16/h4-9,12,17H,3,10-11H2,1-2H3. The first-order chi connectivity index (χ1) is 9.28. The van der Waals surface area contributed by atoms with Gasteiger partial charge in [0.1, 0.15) is 11.5 Å². The van der Waals surface area contributed by atoms with Crippen molar-refractivity contribution >= 4 is 0 Å². The fourth-order valence-corrected chi connectivity index (χ4v) is 1.74. The Bertz CT molecular complexity index is 491. The molecule has 0 spiro atoms. The maximum absolute atomic E-state index is 5.73. The van der Waals surface area contributed by atoms with E-state index >= 15 is 0 Å². The molecule has 0 amide bonds. The molecule has 0 saturated carbocycles. The van der Waals surface area contributed by atoms with Crippen LogP contribution in [0.25, 0.3) is 0 Å². The number of aryl methyl sites for hydroxylation is 1. The van der Waals surface area contributed by atoms with Crippen molar-refractivity contribution in [1.29, 1.82) is 0 Å². The Morgan fingerprint density at radius 1 is 1.05 bits per heavy atom. The molecule has 1 heterocycles. The number of nitrogens with one attached hydrogen (secondary N) is 1. The van der Waals surface area contributed by atoms with Crippen molar-refractivity contribution in [3.05, 3.63) is 53.9 Å². The van der Waals surface area contributed by atoms with Crippen LogP contribution in [0.1, 0.15) is 24.6 Å². The van der Waals surface area contributed by atoms with Crippen molar-refractivity contribution in [2.24, 2.45) is 0 Å². The summed E-state index contributed by atoms with van der Waals surface area (Å²) in [6, 6.07) is 12.0. The molecule has 0 aliphatic rings. The quantitative estimate of drug-likeness (QED) is 0.800. The fraction of sp³-hybridized carbons (Fsp3) is 0.312. The summed E-state index contributed by atoms with van der Waals surface area (Å²) in [6.45, 7) is 6.08. The third-order valence-corrected chi connectivity index (χ3v) is 2.80. The average molecular weight is 256 g/mol. The number of rotatable bonds is 6. The highest BCUT2D eigenvalue weighted by Crippen LogP contribution is 2.20. The summed E-state index contributed by atoms with van der Waals surface area (Å²) >= 11 is 0. The molecule has 0 unspecified atom stereocenters. The molecule has 19 heavy (non-hydrogen) atoms. The summed E-state index contributed by atoms with van der Waals surface area (Å²) in [5.41, 5.74) is 2.26. The molecule has 0 aliphatic heterocycles. The van der Waals surface area contributed by atoms with Gasteiger partial charge in [-0.1, -0.05) is 19.1 Å². The molecule has 3 nitrogen and oxygen atoms in total. The Balaban J connectivity index is 1.92. The van der Waals surface area contributed by atoms with Gasteiger partial charge in [-0.3, -0.25) is 4.98 Å². The lowest BCUT2D eigenvalue weighted by Crippen LogP contribution is -2.13. The van der Waals surface area contributed by atoms with Crippen LogP contribution >= 0.6 is 0 Å². The van der Waals surface area contributed by atoms with Gasteiger partial charge in [-0.2, -0.15) is 0 Å². The number of hydrogen-bond acceptors (Lipinski definition) is 3. The van der Waals surface area contributed by atoms with Gasteiger partial charge in [0.2, 0.25) is 0 Å². The number of benzene rings is 1. The minimum atomic E-state index is 0.766. The van der Waals surface area contributed by atoms with E-state index in [4.69, 9.17) is 4.74 Å². The molecular formula is C16H20N2O. The summed E-state index contributed by atoms with van der Waals surface area (Å²) in [5, 5.41) is 3.38. The molecular weight excluding hydrogens is 236 g/mol. The highest BCUT2D eigenvalue weighted by atomic mass is 16.5. The molecule has 1 N–H and O–H groups in total. The number of nitrogens with zero attached hydrogens (tertiary/aromatic N) is 1. The number of pyridine rings is 1. The van der Waals surface area contributed by atoms with Gasteiger partial charge in [0, 0.05) is 12.2 Å². The topological polar surface area (TPSA) is 34.1 Å². The van der Waals surface area contributed by atoms with Gasteiger partial charge in [0.15, 0.2) is 0 Å². The highest BCUT2D eigenvalue weighted by molar-refractivity contribution is 5.32. The van der Waals surface area contributed by atoms with Crippen LogP contribution in [-0.4, -0.2) is 11.5 Å². The lowest BCUT2D eigenvalue weighted by atomic mass is 10.2. The normalized spacial score (nSPS) is 10.4. The highest BCUT2D eigenvalue weighted by Gasteiger charge is 1.98. The van der Waals surface area contributed by atoms with E-state index in [1.807, 2.05) is 31.2 Å². The first-order valence-corrected chi connectivity index (χ1v) is 6.68. The van der Waals surface area contributed by atoms with E-state index in [9.17, 15) is 0 Å². The molecule has 2 rings (SSSR count). The van der Waals surface area contributed by atoms with Gasteiger partial charge in [-0.25, -0.2) is 0 Å². The van der Waals surface area contributed by atoms with Crippen LogP contribution in [0.5, 0.6) is 11.5 Å². The van der Waals surface area contributed by atoms with Crippen LogP contribution in [0.3, 0.4) is 0 Å². The van der Waals surface area contributed by atoms with Crippen molar-refractivity contribution in [2.75, 3.05) is 6.54 Å². The van der Waals surface area contributed by atoms with Crippen molar-refractivity contribution in [3.8, 4) is 11.5 Å². The maximum atomic E-state index is 5.73. The summed E-state index contributed by atoms with van der Waals surface area (Å²) in [4.78, 5) is 4.21. The van der Waals surface area contributed by atoms with Gasteiger partial charge in [0.05, 0.1) is 6.20 Å². The summed E-state index contributed by atoms with van der Waals surface area (Å²) in [7, 11) is 0. The van der Waals surface area contributed by atoms with Gasteiger partial charge in [-0.05, 0) is 49.7 Å². The van der Waals surface area contributed by atoms with Gasteiger partial charge in [0.25, 0.3) is 0 Å². The first kappa shape index (κ1) is 13.6. The minimum absolute atomic E-state index is 0.766. The van der Waals surface area contributed by atoms with Crippen molar-refractivity contribution in [1.82, 2.24) is 10.3 Å². The molecule has 3 heteroatoms. The molecule has 100 valence electrons. The fourth-order valence-electron chi connectivity index (χ4n) is 1.74. The van der Waals surface area contributed by atoms with Crippen molar-refractivity contribution < 1.29 is 4.74 Å². The third kappa shape index (κ3) is 4.38. The predicted octanol–water partition coefficient (Wildman–Crippen LogP) is 3.68. The van der Waals surface area contributed by atoms with Crippen LogP contribution in [0, 0.1) is 6.92 Å². The molecule has 1 aromatic carbocycles. The maximum Gasteiger partial charge on any atom is 0.145 e.